The Bertz CT molecular complexity index is 601. The molecule has 0 spiro atoms. The molecule has 5 nitrogen and oxygen atoms in total. The summed E-state index contributed by atoms with van der Waals surface area (Å²) in [5.74, 6) is 0.652. The van der Waals surface area contributed by atoms with Crippen molar-refractivity contribution in [3.05, 3.63) is 65.7 Å². The summed E-state index contributed by atoms with van der Waals surface area (Å²) in [6, 6.07) is 16.2. The lowest BCUT2D eigenvalue weighted by Gasteiger charge is -2.18. The number of rotatable bonds is 7. The maximum atomic E-state index is 11.1. The smallest absolute Gasteiger partial charge is 0.405 e. The molecule has 116 valence electrons. The Balaban J connectivity index is 2.23. The van der Waals surface area contributed by atoms with Gasteiger partial charge in [-0.3, -0.25) is 0 Å². The van der Waals surface area contributed by atoms with Gasteiger partial charge in [0.05, 0.1) is 12.6 Å². The third kappa shape index (κ3) is 4.49. The van der Waals surface area contributed by atoms with E-state index >= 15 is 0 Å². The van der Waals surface area contributed by atoms with E-state index in [1.165, 1.54) is 0 Å². The average Bonchev–Trinajstić information content (AvgIpc) is 2.54. The van der Waals surface area contributed by atoms with Gasteiger partial charge in [-0.25, -0.2) is 4.79 Å². The lowest BCUT2D eigenvalue weighted by Crippen LogP contribution is -2.27. The fourth-order valence-electron chi connectivity index (χ4n) is 2.17. The molecule has 0 fully saturated rings. The minimum Gasteiger partial charge on any atom is -0.493 e. The van der Waals surface area contributed by atoms with Gasteiger partial charge in [-0.15, -0.1) is 0 Å². The molecule has 1 atom stereocenters. The number of hydrogen-bond acceptors (Lipinski definition) is 3. The lowest BCUT2D eigenvalue weighted by atomic mass is 9.99. The maximum Gasteiger partial charge on any atom is 0.405 e. The fraction of sp³-hybridized carbons (Fsp3) is 0.235. The Morgan fingerprint density at radius 1 is 1.09 bits per heavy atom. The van der Waals surface area contributed by atoms with E-state index in [-0.39, 0.29) is 6.61 Å². The molecule has 3 N–H and O–H groups in total. The zero-order chi connectivity index (χ0) is 15.8. The minimum atomic E-state index is -1.08. The Hall–Kier alpha value is -2.53. The first kappa shape index (κ1) is 15.9. The molecule has 2 aromatic carbocycles. The number of carbonyl (C=O) groups is 1. The maximum absolute atomic E-state index is 11.1. The van der Waals surface area contributed by atoms with Crippen LogP contribution in [0.1, 0.15) is 23.6 Å². The van der Waals surface area contributed by atoms with Crippen LogP contribution in [0.5, 0.6) is 5.75 Å². The molecule has 2 aromatic rings. The predicted molar refractivity (Wildman–Crippen MR) is 83.1 cm³/mol. The van der Waals surface area contributed by atoms with Gasteiger partial charge in [-0.05, 0) is 23.3 Å². The highest BCUT2D eigenvalue weighted by molar-refractivity contribution is 5.66. The second kappa shape index (κ2) is 8.05. The quantitative estimate of drug-likeness (QED) is 0.687. The van der Waals surface area contributed by atoms with Crippen LogP contribution in [-0.4, -0.2) is 29.5 Å². The number of amides is 1. The summed E-state index contributed by atoms with van der Waals surface area (Å²) in [5, 5.41) is 20.4. The highest BCUT2D eigenvalue weighted by atomic mass is 16.5. The van der Waals surface area contributed by atoms with Crippen LogP contribution in [-0.2, 0) is 0 Å². The molecule has 1 amide bonds. The molecule has 0 saturated heterocycles. The molecule has 0 aliphatic heterocycles. The Kier molecular flexibility index (Phi) is 5.80. The van der Waals surface area contributed by atoms with Crippen molar-refractivity contribution >= 4 is 6.09 Å². The monoisotopic (exact) mass is 301 g/mol. The van der Waals surface area contributed by atoms with Crippen LogP contribution in [0.25, 0.3) is 0 Å². The minimum absolute atomic E-state index is 0.0763. The highest BCUT2D eigenvalue weighted by Gasteiger charge is 2.16. The summed E-state index contributed by atoms with van der Waals surface area (Å²) in [6.07, 6.45) is -0.528. The van der Waals surface area contributed by atoms with Gasteiger partial charge in [0.2, 0.25) is 0 Å². The third-order valence-electron chi connectivity index (χ3n) is 3.16. The normalized spacial score (nSPS) is 11.7. The molecule has 0 bridgehead atoms. The van der Waals surface area contributed by atoms with Gasteiger partial charge in [0.15, 0.2) is 0 Å². The van der Waals surface area contributed by atoms with Crippen molar-refractivity contribution < 1.29 is 19.7 Å². The summed E-state index contributed by atoms with van der Waals surface area (Å²) < 4.78 is 5.54. The molecule has 0 heterocycles. The van der Waals surface area contributed by atoms with E-state index in [2.05, 4.69) is 5.32 Å². The van der Waals surface area contributed by atoms with E-state index in [0.717, 1.165) is 11.1 Å². The van der Waals surface area contributed by atoms with E-state index in [1.54, 1.807) is 0 Å². The topological polar surface area (TPSA) is 78.8 Å². The van der Waals surface area contributed by atoms with Crippen LogP contribution in [0.3, 0.4) is 0 Å². The summed E-state index contributed by atoms with van der Waals surface area (Å²) >= 11 is 0. The number of benzene rings is 2. The number of ether oxygens (including phenoxy) is 1. The molecular weight excluding hydrogens is 282 g/mol. The summed E-state index contributed by atoms with van der Waals surface area (Å²) in [4.78, 5) is 11.1. The molecule has 1 unspecified atom stereocenters. The Morgan fingerprint density at radius 2 is 1.82 bits per heavy atom. The van der Waals surface area contributed by atoms with Crippen LogP contribution >= 0.6 is 0 Å². The van der Waals surface area contributed by atoms with Gasteiger partial charge in [-0.2, -0.15) is 0 Å². The van der Waals surface area contributed by atoms with Crippen LogP contribution in [0.4, 0.5) is 4.79 Å². The number of aliphatic hydroxyl groups is 1. The van der Waals surface area contributed by atoms with Gasteiger partial charge < -0.3 is 20.3 Å². The Labute approximate surface area is 129 Å². The average molecular weight is 301 g/mol. The first-order chi connectivity index (χ1) is 10.7. The van der Waals surface area contributed by atoms with Gasteiger partial charge in [0, 0.05) is 13.0 Å². The van der Waals surface area contributed by atoms with Gasteiger partial charge in [0.1, 0.15) is 5.75 Å². The molecule has 5 heteroatoms. The van der Waals surface area contributed by atoms with Crippen molar-refractivity contribution in [3.8, 4) is 5.75 Å². The van der Waals surface area contributed by atoms with Crippen LogP contribution in [0.15, 0.2) is 54.6 Å². The van der Waals surface area contributed by atoms with Crippen molar-refractivity contribution in [2.75, 3.05) is 13.2 Å². The Morgan fingerprint density at radius 3 is 2.50 bits per heavy atom. The zero-order valence-corrected chi connectivity index (χ0v) is 12.1. The van der Waals surface area contributed by atoms with Gasteiger partial charge >= 0.3 is 6.09 Å². The second-order valence-electron chi connectivity index (χ2n) is 4.79. The summed E-state index contributed by atoms with van der Waals surface area (Å²) in [7, 11) is 0. The number of aliphatic hydroxyl groups excluding tert-OH is 1. The number of carboxylic acid groups (broad SMARTS) is 1. The van der Waals surface area contributed by atoms with Crippen LogP contribution in [0, 0.1) is 0 Å². The summed E-state index contributed by atoms with van der Waals surface area (Å²) in [6.45, 7) is 0.495. The molecule has 0 saturated carbocycles. The molecular formula is C17H19NO4. The van der Waals surface area contributed by atoms with Gasteiger partial charge in [0.25, 0.3) is 0 Å². The highest BCUT2D eigenvalue weighted by Crippen LogP contribution is 2.25. The summed E-state index contributed by atoms with van der Waals surface area (Å²) in [5.41, 5.74) is 1.66. The molecule has 0 aliphatic carbocycles. The van der Waals surface area contributed by atoms with Crippen LogP contribution in [0.2, 0.25) is 0 Å². The fourth-order valence-corrected chi connectivity index (χ4v) is 2.17. The first-order valence-corrected chi connectivity index (χ1v) is 7.08. The van der Waals surface area contributed by atoms with Gasteiger partial charge in [-0.1, -0.05) is 42.5 Å². The molecule has 0 aliphatic rings. The largest absolute Gasteiger partial charge is 0.493 e. The van der Waals surface area contributed by atoms with E-state index in [9.17, 15) is 4.79 Å². The molecule has 22 heavy (non-hydrogen) atoms. The SMILES string of the molecule is O=C(O)NC(c1ccccc1)c1cccc(OCCCO)c1. The molecule has 2 rings (SSSR count). The van der Waals surface area contributed by atoms with E-state index in [1.807, 2.05) is 54.6 Å². The van der Waals surface area contributed by atoms with Crippen molar-refractivity contribution in [2.45, 2.75) is 12.5 Å². The molecule has 0 radical (unpaired) electrons. The number of nitrogens with one attached hydrogen (secondary N) is 1. The standard InChI is InChI=1S/C17H19NO4/c19-10-5-11-22-15-9-4-8-14(12-15)16(18-17(20)21)13-6-2-1-3-7-13/h1-4,6-9,12,16,18-19H,5,10-11H2,(H,20,21). The lowest BCUT2D eigenvalue weighted by molar-refractivity contribution is 0.191. The third-order valence-corrected chi connectivity index (χ3v) is 3.16. The van der Waals surface area contributed by atoms with Crippen molar-refractivity contribution in [1.82, 2.24) is 5.32 Å². The van der Waals surface area contributed by atoms with E-state index in [0.29, 0.717) is 18.8 Å². The zero-order valence-electron chi connectivity index (χ0n) is 12.1. The van der Waals surface area contributed by atoms with E-state index in [4.69, 9.17) is 14.9 Å². The number of hydrogen-bond donors (Lipinski definition) is 3. The van der Waals surface area contributed by atoms with Crippen LogP contribution < -0.4 is 10.1 Å². The van der Waals surface area contributed by atoms with Crippen molar-refractivity contribution in [2.24, 2.45) is 0 Å². The molecule has 0 aromatic heterocycles. The second-order valence-corrected chi connectivity index (χ2v) is 4.79. The first-order valence-electron chi connectivity index (χ1n) is 7.08. The van der Waals surface area contributed by atoms with Crippen molar-refractivity contribution in [1.29, 1.82) is 0 Å². The van der Waals surface area contributed by atoms with Crippen molar-refractivity contribution in [3.63, 3.8) is 0 Å². The van der Waals surface area contributed by atoms with E-state index < -0.39 is 12.1 Å². The predicted octanol–water partition coefficient (Wildman–Crippen LogP) is 2.80.